The van der Waals surface area contributed by atoms with Crippen LogP contribution in [0.25, 0.3) is 0 Å². The van der Waals surface area contributed by atoms with Gasteiger partial charge in [-0.05, 0) is 19.1 Å². The van der Waals surface area contributed by atoms with Gasteiger partial charge in [-0.3, -0.25) is 0 Å². The molecule has 0 N–H and O–H groups in total. The van der Waals surface area contributed by atoms with Crippen molar-refractivity contribution < 1.29 is 13.7 Å². The van der Waals surface area contributed by atoms with E-state index in [1.165, 1.54) is 19.2 Å². The molecule has 3 nitrogen and oxygen atoms in total. The monoisotopic (exact) mass is 212 g/mol. The highest BCUT2D eigenvalue weighted by atomic mass is 32.2. The Labute approximate surface area is 87.6 Å². The molecular weight excluding hydrogens is 200 g/mol. The third-order valence-corrected chi connectivity index (χ3v) is 2.21. The minimum absolute atomic E-state index is 0.339. The Morgan fingerprint density at radius 3 is 2.71 bits per heavy atom. The summed E-state index contributed by atoms with van der Waals surface area (Å²) in [6, 6.07) is 5.30. The van der Waals surface area contributed by atoms with Gasteiger partial charge in [-0.1, -0.05) is 6.07 Å². The summed E-state index contributed by atoms with van der Waals surface area (Å²) in [4.78, 5) is 11.3. The lowest BCUT2D eigenvalue weighted by Crippen LogP contribution is -2.04. The van der Waals surface area contributed by atoms with Crippen molar-refractivity contribution in [1.29, 1.82) is 0 Å². The van der Waals surface area contributed by atoms with Crippen LogP contribution in [0.2, 0.25) is 0 Å². The minimum Gasteiger partial charge on any atom is -0.465 e. The molecule has 0 spiro atoms. The normalized spacial score (nSPS) is 9.64. The van der Waals surface area contributed by atoms with Crippen molar-refractivity contribution in [2.75, 3.05) is 13.4 Å². The van der Waals surface area contributed by atoms with Crippen LogP contribution in [0.1, 0.15) is 15.9 Å². The van der Waals surface area contributed by atoms with E-state index in [-0.39, 0.29) is 5.97 Å². The molecule has 0 heterocycles. The van der Waals surface area contributed by atoms with Gasteiger partial charge >= 0.3 is 5.97 Å². The molecule has 0 atom stereocenters. The predicted octanol–water partition coefficient (Wildman–Crippen LogP) is 2.44. The zero-order valence-electron chi connectivity index (χ0n) is 8.37. The lowest BCUT2D eigenvalue weighted by atomic mass is 10.1. The summed E-state index contributed by atoms with van der Waals surface area (Å²) in [7, 11) is 1.36. The Morgan fingerprint density at radius 2 is 2.14 bits per heavy atom. The summed E-state index contributed by atoms with van der Waals surface area (Å²) in [6.07, 6.45) is 1.82. The summed E-state index contributed by atoms with van der Waals surface area (Å²) in [5.41, 5.74) is 1.34. The molecule has 76 valence electrons. The molecule has 0 fully saturated rings. The summed E-state index contributed by atoms with van der Waals surface area (Å²) in [5.74, 6) is 0.356. The molecule has 1 aromatic carbocycles. The first kappa shape index (κ1) is 10.9. The van der Waals surface area contributed by atoms with Crippen LogP contribution in [0.4, 0.5) is 0 Å². The molecule has 4 heteroatoms. The van der Waals surface area contributed by atoms with Gasteiger partial charge < -0.3 is 8.92 Å². The van der Waals surface area contributed by atoms with E-state index in [0.29, 0.717) is 11.3 Å². The van der Waals surface area contributed by atoms with E-state index in [9.17, 15) is 4.79 Å². The van der Waals surface area contributed by atoms with E-state index in [0.717, 1.165) is 5.56 Å². The molecular formula is C10H12O3S. The van der Waals surface area contributed by atoms with E-state index in [1.807, 2.05) is 19.2 Å². The standard InChI is InChI=1S/C10H12O3S/c1-7-8(10(11)12-2)5-4-6-9(7)13-14-3/h4-6H,1-3H3. The molecule has 0 bridgehead atoms. The molecule has 1 aromatic rings. The molecule has 0 aliphatic heterocycles. The average molecular weight is 212 g/mol. The van der Waals surface area contributed by atoms with Crippen LogP contribution in [0.15, 0.2) is 18.2 Å². The second-order valence-corrected chi connectivity index (χ2v) is 3.17. The van der Waals surface area contributed by atoms with Gasteiger partial charge in [0.05, 0.1) is 24.7 Å². The number of carbonyl (C=O) groups excluding carboxylic acids is 1. The lowest BCUT2D eigenvalue weighted by Gasteiger charge is -2.08. The highest BCUT2D eigenvalue weighted by Crippen LogP contribution is 2.24. The van der Waals surface area contributed by atoms with E-state index >= 15 is 0 Å². The number of methoxy groups -OCH3 is 1. The first-order chi connectivity index (χ1) is 6.70. The Kier molecular flexibility index (Phi) is 3.83. The Balaban J connectivity index is 3.07. The van der Waals surface area contributed by atoms with Crippen molar-refractivity contribution in [3.05, 3.63) is 29.3 Å². The smallest absolute Gasteiger partial charge is 0.338 e. The number of benzene rings is 1. The summed E-state index contributed by atoms with van der Waals surface area (Å²) >= 11 is 1.24. The van der Waals surface area contributed by atoms with Gasteiger partial charge in [0.2, 0.25) is 0 Å². The predicted molar refractivity (Wildman–Crippen MR) is 56.7 cm³/mol. The van der Waals surface area contributed by atoms with E-state index in [1.54, 1.807) is 12.1 Å². The first-order valence-corrected chi connectivity index (χ1v) is 5.24. The molecule has 0 saturated heterocycles. The maximum atomic E-state index is 11.3. The summed E-state index contributed by atoms with van der Waals surface area (Å²) < 4.78 is 9.93. The van der Waals surface area contributed by atoms with Gasteiger partial charge in [0, 0.05) is 11.8 Å². The zero-order chi connectivity index (χ0) is 10.6. The Bertz CT molecular complexity index is 336. The highest BCUT2D eigenvalue weighted by Gasteiger charge is 2.12. The van der Waals surface area contributed by atoms with Crippen molar-refractivity contribution in [2.45, 2.75) is 6.92 Å². The fourth-order valence-corrected chi connectivity index (χ4v) is 1.49. The van der Waals surface area contributed by atoms with Gasteiger partial charge in [-0.15, -0.1) is 0 Å². The van der Waals surface area contributed by atoms with Crippen LogP contribution in [-0.4, -0.2) is 19.3 Å². The van der Waals surface area contributed by atoms with E-state index in [4.69, 9.17) is 4.18 Å². The molecule has 0 amide bonds. The van der Waals surface area contributed by atoms with Crippen molar-refractivity contribution in [3.8, 4) is 5.75 Å². The SMILES string of the molecule is COC(=O)c1cccc(OSC)c1C. The second kappa shape index (κ2) is 4.91. The van der Waals surface area contributed by atoms with Crippen molar-refractivity contribution in [2.24, 2.45) is 0 Å². The van der Waals surface area contributed by atoms with Crippen LogP contribution in [-0.2, 0) is 4.74 Å². The number of rotatable bonds is 3. The van der Waals surface area contributed by atoms with Gasteiger partial charge in [-0.2, -0.15) is 0 Å². The lowest BCUT2D eigenvalue weighted by molar-refractivity contribution is 0.0599. The van der Waals surface area contributed by atoms with Gasteiger partial charge in [0.1, 0.15) is 5.75 Å². The summed E-state index contributed by atoms with van der Waals surface area (Å²) in [6.45, 7) is 1.83. The van der Waals surface area contributed by atoms with Crippen molar-refractivity contribution in [3.63, 3.8) is 0 Å². The third kappa shape index (κ3) is 2.20. The molecule has 0 aromatic heterocycles. The molecule has 0 aliphatic rings. The largest absolute Gasteiger partial charge is 0.465 e. The molecule has 0 radical (unpaired) electrons. The maximum absolute atomic E-state index is 11.3. The first-order valence-electron chi connectivity index (χ1n) is 4.09. The minimum atomic E-state index is -0.339. The van der Waals surface area contributed by atoms with Gasteiger partial charge in [0.25, 0.3) is 0 Å². The van der Waals surface area contributed by atoms with E-state index in [2.05, 4.69) is 4.74 Å². The molecule has 0 unspecified atom stereocenters. The van der Waals surface area contributed by atoms with Crippen LogP contribution < -0.4 is 4.18 Å². The maximum Gasteiger partial charge on any atom is 0.338 e. The number of hydrogen-bond acceptors (Lipinski definition) is 4. The quantitative estimate of drug-likeness (QED) is 0.569. The summed E-state index contributed by atoms with van der Waals surface area (Å²) in [5, 5.41) is 0. The molecule has 0 aliphatic carbocycles. The van der Waals surface area contributed by atoms with Crippen LogP contribution in [0.5, 0.6) is 5.75 Å². The zero-order valence-corrected chi connectivity index (χ0v) is 9.18. The second-order valence-electron chi connectivity index (χ2n) is 2.67. The fraction of sp³-hybridized carbons (Fsp3) is 0.300. The van der Waals surface area contributed by atoms with Crippen LogP contribution in [0.3, 0.4) is 0 Å². The van der Waals surface area contributed by atoms with Crippen LogP contribution >= 0.6 is 12.0 Å². The van der Waals surface area contributed by atoms with E-state index < -0.39 is 0 Å². The average Bonchev–Trinajstić information content (AvgIpc) is 2.20. The van der Waals surface area contributed by atoms with Crippen LogP contribution in [0, 0.1) is 6.92 Å². The molecule has 14 heavy (non-hydrogen) atoms. The Morgan fingerprint density at radius 1 is 1.43 bits per heavy atom. The highest BCUT2D eigenvalue weighted by molar-refractivity contribution is 7.94. The van der Waals surface area contributed by atoms with Gasteiger partial charge in [0.15, 0.2) is 0 Å². The topological polar surface area (TPSA) is 35.5 Å². The van der Waals surface area contributed by atoms with Gasteiger partial charge in [-0.25, -0.2) is 4.79 Å². The van der Waals surface area contributed by atoms with Crippen molar-refractivity contribution in [1.82, 2.24) is 0 Å². The number of hydrogen-bond donors (Lipinski definition) is 0. The third-order valence-electron chi connectivity index (χ3n) is 1.86. The molecule has 0 saturated carbocycles. The fourth-order valence-electron chi connectivity index (χ4n) is 1.13. The number of ether oxygens (including phenoxy) is 1. The number of esters is 1. The number of carbonyl (C=O) groups is 1. The molecule has 1 rings (SSSR count). The Hall–Kier alpha value is -1.16. The van der Waals surface area contributed by atoms with Crippen molar-refractivity contribution >= 4 is 18.0 Å².